The summed E-state index contributed by atoms with van der Waals surface area (Å²) in [5.74, 6) is 0. The molecule has 0 aliphatic heterocycles. The van der Waals surface area contributed by atoms with Crippen LogP contribution in [0.25, 0.3) is 0 Å². The summed E-state index contributed by atoms with van der Waals surface area (Å²) in [6.45, 7) is 4.97. The number of nitrogens with zero attached hydrogens (tertiary/aromatic N) is 2. The van der Waals surface area contributed by atoms with Gasteiger partial charge < -0.3 is 5.11 Å². The van der Waals surface area contributed by atoms with Gasteiger partial charge in [-0.3, -0.25) is 4.68 Å². The number of aliphatic hydroxyl groups is 1. The second-order valence-corrected chi connectivity index (χ2v) is 3.71. The summed E-state index contributed by atoms with van der Waals surface area (Å²) in [5, 5.41) is 14.1. The zero-order valence-corrected chi connectivity index (χ0v) is 9.51. The highest BCUT2D eigenvalue weighted by molar-refractivity contribution is 6.30. The minimum absolute atomic E-state index is 0.0160. The van der Waals surface area contributed by atoms with Gasteiger partial charge >= 0.3 is 0 Å². The molecule has 80 valence electrons. The molecular formula is C10H17ClN2O. The molecule has 0 aliphatic carbocycles. The number of halogens is 1. The topological polar surface area (TPSA) is 38.0 Å². The van der Waals surface area contributed by atoms with Crippen LogP contribution in [0.2, 0.25) is 5.15 Å². The fourth-order valence-electron chi connectivity index (χ4n) is 1.48. The van der Waals surface area contributed by atoms with Gasteiger partial charge in [0.2, 0.25) is 0 Å². The largest absolute Gasteiger partial charge is 0.391 e. The number of hydrogen-bond acceptors (Lipinski definition) is 2. The second kappa shape index (κ2) is 5.37. The Morgan fingerprint density at radius 1 is 1.36 bits per heavy atom. The molecule has 1 aromatic heterocycles. The van der Waals surface area contributed by atoms with Gasteiger partial charge in [0, 0.05) is 12.1 Å². The quantitative estimate of drug-likeness (QED) is 0.821. The molecule has 1 aromatic rings. The molecule has 0 saturated heterocycles. The Balaban J connectivity index is 2.97. The van der Waals surface area contributed by atoms with E-state index < -0.39 is 0 Å². The first kappa shape index (κ1) is 11.5. The molecule has 1 rings (SSSR count). The van der Waals surface area contributed by atoms with Gasteiger partial charge in [-0.2, -0.15) is 5.10 Å². The molecule has 0 radical (unpaired) electrons. The van der Waals surface area contributed by atoms with Crippen molar-refractivity contribution >= 4 is 11.6 Å². The summed E-state index contributed by atoms with van der Waals surface area (Å²) in [6, 6.07) is 0. The van der Waals surface area contributed by atoms with E-state index in [9.17, 15) is 0 Å². The average molecular weight is 217 g/mol. The van der Waals surface area contributed by atoms with Crippen LogP contribution in [0.5, 0.6) is 0 Å². The maximum Gasteiger partial charge on any atom is 0.132 e. The van der Waals surface area contributed by atoms with Crippen molar-refractivity contribution in [2.45, 2.75) is 46.3 Å². The third-order valence-corrected chi connectivity index (χ3v) is 2.57. The van der Waals surface area contributed by atoms with Crippen LogP contribution in [0.3, 0.4) is 0 Å². The lowest BCUT2D eigenvalue weighted by atomic mass is 10.2. The number of rotatable bonds is 5. The van der Waals surface area contributed by atoms with E-state index >= 15 is 0 Å². The fraction of sp³-hybridized carbons (Fsp3) is 0.700. The lowest BCUT2D eigenvalue weighted by Gasteiger charge is -1.98. The normalized spacial score (nSPS) is 10.9. The van der Waals surface area contributed by atoms with Crippen molar-refractivity contribution < 1.29 is 5.11 Å². The van der Waals surface area contributed by atoms with Crippen molar-refractivity contribution in [2.75, 3.05) is 0 Å². The highest BCUT2D eigenvalue weighted by Gasteiger charge is 2.13. The van der Waals surface area contributed by atoms with Crippen molar-refractivity contribution in [1.82, 2.24) is 9.78 Å². The summed E-state index contributed by atoms with van der Waals surface area (Å²) in [4.78, 5) is 0. The van der Waals surface area contributed by atoms with E-state index in [-0.39, 0.29) is 6.61 Å². The van der Waals surface area contributed by atoms with E-state index in [1.165, 1.54) is 0 Å². The van der Waals surface area contributed by atoms with Crippen molar-refractivity contribution in [3.8, 4) is 0 Å². The molecule has 0 atom stereocenters. The highest BCUT2D eigenvalue weighted by atomic mass is 35.5. The van der Waals surface area contributed by atoms with Crippen LogP contribution in [0.4, 0.5) is 0 Å². The van der Waals surface area contributed by atoms with Gasteiger partial charge in [0.15, 0.2) is 0 Å². The molecule has 0 spiro atoms. The number of aryl methyl sites for hydroxylation is 2. The zero-order valence-electron chi connectivity index (χ0n) is 8.76. The van der Waals surface area contributed by atoms with Crippen molar-refractivity contribution in [2.24, 2.45) is 0 Å². The molecule has 0 amide bonds. The maximum atomic E-state index is 9.17. The zero-order chi connectivity index (χ0) is 10.6. The van der Waals surface area contributed by atoms with Gasteiger partial charge in [-0.15, -0.1) is 0 Å². The SMILES string of the molecule is CCCc1nn(CCC)c(Cl)c1CO. The lowest BCUT2D eigenvalue weighted by Crippen LogP contribution is -1.99. The third kappa shape index (κ3) is 2.28. The van der Waals surface area contributed by atoms with E-state index in [4.69, 9.17) is 16.7 Å². The number of aliphatic hydroxyl groups excluding tert-OH is 1. The Hall–Kier alpha value is -0.540. The Bertz CT molecular complexity index is 297. The van der Waals surface area contributed by atoms with Crippen LogP contribution in [0, 0.1) is 0 Å². The first-order valence-electron chi connectivity index (χ1n) is 5.09. The molecule has 0 fully saturated rings. The molecular weight excluding hydrogens is 200 g/mol. The molecule has 0 unspecified atom stereocenters. The maximum absolute atomic E-state index is 9.17. The monoisotopic (exact) mass is 216 g/mol. The van der Waals surface area contributed by atoms with Crippen molar-refractivity contribution in [3.05, 3.63) is 16.4 Å². The van der Waals surface area contributed by atoms with Gasteiger partial charge in [0.1, 0.15) is 5.15 Å². The van der Waals surface area contributed by atoms with Gasteiger partial charge in [-0.1, -0.05) is 31.9 Å². The van der Waals surface area contributed by atoms with E-state index in [2.05, 4.69) is 18.9 Å². The second-order valence-electron chi connectivity index (χ2n) is 3.35. The van der Waals surface area contributed by atoms with Crippen LogP contribution in [0.15, 0.2) is 0 Å². The van der Waals surface area contributed by atoms with Crippen molar-refractivity contribution in [1.29, 1.82) is 0 Å². The van der Waals surface area contributed by atoms with E-state index in [1.807, 2.05) is 0 Å². The number of hydrogen-bond donors (Lipinski definition) is 1. The molecule has 0 saturated carbocycles. The molecule has 0 aromatic carbocycles. The summed E-state index contributed by atoms with van der Waals surface area (Å²) in [7, 11) is 0. The number of aromatic nitrogens is 2. The predicted octanol–water partition coefficient (Wildman–Crippen LogP) is 2.39. The van der Waals surface area contributed by atoms with Crippen LogP contribution in [0.1, 0.15) is 37.9 Å². The first-order chi connectivity index (χ1) is 6.74. The summed E-state index contributed by atoms with van der Waals surface area (Å²) >= 11 is 6.08. The average Bonchev–Trinajstić information content (AvgIpc) is 2.45. The van der Waals surface area contributed by atoms with Gasteiger partial charge in [0.05, 0.1) is 12.3 Å². The molecule has 1 N–H and O–H groups in total. The van der Waals surface area contributed by atoms with Crippen LogP contribution < -0.4 is 0 Å². The van der Waals surface area contributed by atoms with Crippen LogP contribution in [-0.4, -0.2) is 14.9 Å². The third-order valence-electron chi connectivity index (χ3n) is 2.15. The fourth-order valence-corrected chi connectivity index (χ4v) is 1.77. The minimum atomic E-state index is -0.0160. The molecule has 4 heteroatoms. The molecule has 1 heterocycles. The van der Waals surface area contributed by atoms with E-state index in [1.54, 1.807) is 4.68 Å². The van der Waals surface area contributed by atoms with E-state index in [0.29, 0.717) is 5.15 Å². The van der Waals surface area contributed by atoms with Gasteiger partial charge in [-0.05, 0) is 12.8 Å². The molecule has 14 heavy (non-hydrogen) atoms. The summed E-state index contributed by atoms with van der Waals surface area (Å²) in [6.07, 6.45) is 2.90. The Morgan fingerprint density at radius 2 is 2.07 bits per heavy atom. The van der Waals surface area contributed by atoms with E-state index in [0.717, 1.165) is 37.1 Å². The Morgan fingerprint density at radius 3 is 2.57 bits per heavy atom. The summed E-state index contributed by atoms with van der Waals surface area (Å²) in [5.41, 5.74) is 1.73. The van der Waals surface area contributed by atoms with Crippen LogP contribution in [-0.2, 0) is 19.6 Å². The van der Waals surface area contributed by atoms with Crippen LogP contribution >= 0.6 is 11.6 Å². The highest BCUT2D eigenvalue weighted by Crippen LogP contribution is 2.21. The first-order valence-corrected chi connectivity index (χ1v) is 5.47. The molecule has 3 nitrogen and oxygen atoms in total. The lowest BCUT2D eigenvalue weighted by molar-refractivity contribution is 0.280. The molecule has 0 aliphatic rings. The smallest absolute Gasteiger partial charge is 0.132 e. The summed E-state index contributed by atoms with van der Waals surface area (Å²) < 4.78 is 1.78. The predicted molar refractivity (Wildman–Crippen MR) is 57.4 cm³/mol. The van der Waals surface area contributed by atoms with Crippen molar-refractivity contribution in [3.63, 3.8) is 0 Å². The Labute approximate surface area is 89.7 Å². The molecule has 0 bridgehead atoms. The van der Waals surface area contributed by atoms with Gasteiger partial charge in [-0.25, -0.2) is 0 Å². The van der Waals surface area contributed by atoms with Gasteiger partial charge in [0.25, 0.3) is 0 Å². The Kier molecular flexibility index (Phi) is 4.42. The standard InChI is InChI=1S/C10H17ClN2O/c1-3-5-9-8(7-14)10(11)13(12-9)6-4-2/h14H,3-7H2,1-2H3. The minimum Gasteiger partial charge on any atom is -0.391 e.